The van der Waals surface area contributed by atoms with Crippen LogP contribution >= 0.6 is 15.9 Å². The van der Waals surface area contributed by atoms with E-state index in [1.807, 2.05) is 41.6 Å². The van der Waals surface area contributed by atoms with Gasteiger partial charge in [0.1, 0.15) is 11.5 Å². The number of nitrogens with zero attached hydrogens (tertiary/aromatic N) is 2. The fourth-order valence-corrected chi connectivity index (χ4v) is 3.59. The molecule has 3 rings (SSSR count). The minimum atomic E-state index is -0.279. The summed E-state index contributed by atoms with van der Waals surface area (Å²) in [6.45, 7) is 6.05. The van der Waals surface area contributed by atoms with Gasteiger partial charge < -0.3 is 14.8 Å². The van der Waals surface area contributed by atoms with Gasteiger partial charge in [0.25, 0.3) is 5.91 Å². The number of piperazine rings is 1. The molecule has 1 aliphatic rings. The summed E-state index contributed by atoms with van der Waals surface area (Å²) in [6, 6.07) is 8.37. The molecule has 6 heteroatoms. The molecule has 0 aliphatic carbocycles. The number of hydrogen-bond donors (Lipinski definition) is 1. The quantitative estimate of drug-likeness (QED) is 0.861. The van der Waals surface area contributed by atoms with Gasteiger partial charge in [0.15, 0.2) is 0 Å². The summed E-state index contributed by atoms with van der Waals surface area (Å²) in [6.07, 6.45) is 1.93. The van der Waals surface area contributed by atoms with Crippen LogP contribution in [0, 0.1) is 5.82 Å². The van der Waals surface area contributed by atoms with E-state index in [9.17, 15) is 9.18 Å². The minimum absolute atomic E-state index is 0.0230. The van der Waals surface area contributed by atoms with Crippen LogP contribution in [0.5, 0.6) is 0 Å². The Morgan fingerprint density at radius 1 is 1.38 bits per heavy atom. The van der Waals surface area contributed by atoms with Crippen LogP contribution in [0.25, 0.3) is 0 Å². The average Bonchev–Trinajstić information content (AvgIpc) is 2.96. The summed E-state index contributed by atoms with van der Waals surface area (Å²) >= 11 is 3.46. The van der Waals surface area contributed by atoms with Crippen molar-refractivity contribution in [1.82, 2.24) is 14.8 Å². The van der Waals surface area contributed by atoms with Crippen molar-refractivity contribution in [2.24, 2.45) is 0 Å². The second-order valence-corrected chi connectivity index (χ2v) is 7.23. The smallest absolute Gasteiger partial charge is 0.271 e. The zero-order valence-electron chi connectivity index (χ0n) is 13.8. The highest BCUT2D eigenvalue weighted by Crippen LogP contribution is 2.27. The number of halogens is 2. The first-order valence-electron chi connectivity index (χ1n) is 8.12. The van der Waals surface area contributed by atoms with Crippen molar-refractivity contribution in [2.45, 2.75) is 25.9 Å². The van der Waals surface area contributed by atoms with Crippen LogP contribution in [0.1, 0.15) is 42.0 Å². The van der Waals surface area contributed by atoms with E-state index >= 15 is 0 Å². The van der Waals surface area contributed by atoms with Gasteiger partial charge in [-0.05, 0) is 53.5 Å². The van der Waals surface area contributed by atoms with Crippen molar-refractivity contribution in [3.05, 3.63) is 58.1 Å². The van der Waals surface area contributed by atoms with Crippen molar-refractivity contribution < 1.29 is 9.18 Å². The zero-order valence-corrected chi connectivity index (χ0v) is 15.4. The molecular formula is C18H21BrFN3O. The Hall–Kier alpha value is -1.66. The maximum Gasteiger partial charge on any atom is 0.271 e. The van der Waals surface area contributed by atoms with Crippen LogP contribution in [-0.4, -0.2) is 35.0 Å². The second-order valence-electron chi connectivity index (χ2n) is 6.32. The molecule has 1 amide bonds. The zero-order chi connectivity index (χ0) is 17.3. The highest BCUT2D eigenvalue weighted by molar-refractivity contribution is 9.10. The van der Waals surface area contributed by atoms with Gasteiger partial charge in [-0.1, -0.05) is 12.1 Å². The average molecular weight is 394 g/mol. The number of rotatable bonds is 3. The van der Waals surface area contributed by atoms with Crippen LogP contribution < -0.4 is 5.32 Å². The van der Waals surface area contributed by atoms with Crippen molar-refractivity contribution in [2.75, 3.05) is 19.6 Å². The molecule has 2 heterocycles. The fraction of sp³-hybridized carbons (Fsp3) is 0.389. The Bertz CT molecular complexity index is 744. The van der Waals surface area contributed by atoms with E-state index in [4.69, 9.17) is 0 Å². The van der Waals surface area contributed by atoms with Crippen molar-refractivity contribution in [1.29, 1.82) is 0 Å². The molecule has 1 aromatic carbocycles. The van der Waals surface area contributed by atoms with E-state index in [-0.39, 0.29) is 23.8 Å². The standard InChI is InChI=1S/C18H21BrFN3O/c1-12(2)23-11-14(19)9-16(23)18(24)22-7-6-21-10-17(22)13-4-3-5-15(20)8-13/h3-5,8-9,11-12,17,21H,6-7,10H2,1-2H3. The van der Waals surface area contributed by atoms with Gasteiger partial charge in [0.05, 0.1) is 6.04 Å². The number of nitrogens with one attached hydrogen (secondary N) is 1. The molecule has 0 bridgehead atoms. The Labute approximate surface area is 149 Å². The first-order valence-corrected chi connectivity index (χ1v) is 8.91. The lowest BCUT2D eigenvalue weighted by atomic mass is 10.0. The maximum atomic E-state index is 13.6. The summed E-state index contributed by atoms with van der Waals surface area (Å²) in [5, 5.41) is 3.30. The van der Waals surface area contributed by atoms with E-state index in [1.165, 1.54) is 12.1 Å². The molecule has 1 aliphatic heterocycles. The second kappa shape index (κ2) is 7.07. The largest absolute Gasteiger partial charge is 0.340 e. The molecule has 0 spiro atoms. The van der Waals surface area contributed by atoms with Gasteiger partial charge in [-0.3, -0.25) is 4.79 Å². The number of amides is 1. The summed E-state index contributed by atoms with van der Waals surface area (Å²) in [7, 11) is 0. The van der Waals surface area contributed by atoms with E-state index in [1.54, 1.807) is 6.07 Å². The third-order valence-corrected chi connectivity index (χ3v) is 4.76. The molecule has 1 N–H and O–H groups in total. The number of benzene rings is 1. The number of hydrogen-bond acceptors (Lipinski definition) is 2. The Kier molecular flexibility index (Phi) is 5.06. The maximum absolute atomic E-state index is 13.6. The molecule has 1 aromatic heterocycles. The van der Waals surface area contributed by atoms with Crippen LogP contribution in [-0.2, 0) is 0 Å². The highest BCUT2D eigenvalue weighted by atomic mass is 79.9. The molecule has 2 aromatic rings. The normalized spacial score (nSPS) is 18.2. The van der Waals surface area contributed by atoms with Crippen molar-refractivity contribution in [3.8, 4) is 0 Å². The Morgan fingerprint density at radius 2 is 2.17 bits per heavy atom. The fourth-order valence-electron chi connectivity index (χ4n) is 3.15. The lowest BCUT2D eigenvalue weighted by molar-refractivity contribution is 0.0621. The van der Waals surface area contributed by atoms with Gasteiger partial charge in [0, 0.05) is 36.3 Å². The molecule has 128 valence electrons. The molecule has 4 nitrogen and oxygen atoms in total. The lowest BCUT2D eigenvalue weighted by Gasteiger charge is -2.37. The van der Waals surface area contributed by atoms with Crippen LogP contribution in [0.15, 0.2) is 41.0 Å². The summed E-state index contributed by atoms with van der Waals surface area (Å²) < 4.78 is 16.5. The molecular weight excluding hydrogens is 373 g/mol. The molecule has 1 unspecified atom stereocenters. The monoisotopic (exact) mass is 393 g/mol. The highest BCUT2D eigenvalue weighted by Gasteiger charge is 2.30. The van der Waals surface area contributed by atoms with Crippen molar-refractivity contribution in [3.63, 3.8) is 0 Å². The first-order chi connectivity index (χ1) is 11.5. The molecule has 1 saturated heterocycles. The number of aromatic nitrogens is 1. The van der Waals surface area contributed by atoms with Gasteiger partial charge in [-0.2, -0.15) is 0 Å². The predicted molar refractivity (Wildman–Crippen MR) is 95.6 cm³/mol. The van der Waals surface area contributed by atoms with Gasteiger partial charge >= 0.3 is 0 Å². The third kappa shape index (κ3) is 3.39. The van der Waals surface area contributed by atoms with Crippen molar-refractivity contribution >= 4 is 21.8 Å². The SMILES string of the molecule is CC(C)n1cc(Br)cc1C(=O)N1CCNCC1c1cccc(F)c1. The van der Waals surface area contributed by atoms with E-state index in [0.717, 1.165) is 16.6 Å². The van der Waals surface area contributed by atoms with Crippen LogP contribution in [0.2, 0.25) is 0 Å². The topological polar surface area (TPSA) is 37.3 Å². The van der Waals surface area contributed by atoms with E-state index < -0.39 is 0 Å². The molecule has 1 atom stereocenters. The van der Waals surface area contributed by atoms with Crippen LogP contribution in [0.3, 0.4) is 0 Å². The first kappa shape index (κ1) is 17.2. The van der Waals surface area contributed by atoms with E-state index in [0.29, 0.717) is 18.8 Å². The summed E-state index contributed by atoms with van der Waals surface area (Å²) in [5.41, 5.74) is 1.47. The Morgan fingerprint density at radius 3 is 2.88 bits per heavy atom. The van der Waals surface area contributed by atoms with Gasteiger partial charge in [-0.15, -0.1) is 0 Å². The van der Waals surface area contributed by atoms with Crippen LogP contribution in [0.4, 0.5) is 4.39 Å². The van der Waals surface area contributed by atoms with Gasteiger partial charge in [-0.25, -0.2) is 4.39 Å². The molecule has 1 fully saturated rings. The summed E-state index contributed by atoms with van der Waals surface area (Å²) in [5.74, 6) is -0.302. The van der Waals surface area contributed by atoms with Gasteiger partial charge in [0.2, 0.25) is 0 Å². The van der Waals surface area contributed by atoms with E-state index in [2.05, 4.69) is 21.2 Å². The lowest BCUT2D eigenvalue weighted by Crippen LogP contribution is -2.49. The summed E-state index contributed by atoms with van der Waals surface area (Å²) in [4.78, 5) is 15.0. The molecule has 24 heavy (non-hydrogen) atoms. The predicted octanol–water partition coefficient (Wildman–Crippen LogP) is 3.76. The minimum Gasteiger partial charge on any atom is -0.340 e. The molecule has 0 saturated carbocycles. The number of carbonyl (C=O) groups excluding carboxylic acids is 1. The number of carbonyl (C=O) groups is 1. The Balaban J connectivity index is 1.95. The third-order valence-electron chi connectivity index (χ3n) is 4.33. The molecule has 0 radical (unpaired) electrons.